The number of nitrogens with zero attached hydrogens (tertiary/aromatic N) is 2. The third kappa shape index (κ3) is 5.31. The SMILES string of the molecule is CCOc1cccc(C(=O)Nc2cc(Cl)ccc2N2CCN(C(=O)c3ccccc3F)CC2)c1. The highest BCUT2D eigenvalue weighted by Crippen LogP contribution is 2.31. The first kappa shape index (κ1) is 23.6. The zero-order valence-corrected chi connectivity index (χ0v) is 19.5. The maximum atomic E-state index is 14.0. The number of halogens is 2. The minimum atomic E-state index is -0.522. The van der Waals surface area contributed by atoms with Gasteiger partial charge in [0.15, 0.2) is 0 Å². The predicted octanol–water partition coefficient (Wildman–Crippen LogP) is 5.09. The lowest BCUT2D eigenvalue weighted by Gasteiger charge is -2.37. The molecule has 1 fully saturated rings. The molecule has 1 aliphatic heterocycles. The molecule has 34 heavy (non-hydrogen) atoms. The molecule has 176 valence electrons. The molecular weight excluding hydrogens is 457 g/mol. The van der Waals surface area contributed by atoms with E-state index in [-0.39, 0.29) is 17.4 Å². The van der Waals surface area contributed by atoms with E-state index in [0.717, 1.165) is 5.69 Å². The lowest BCUT2D eigenvalue weighted by Crippen LogP contribution is -2.49. The summed E-state index contributed by atoms with van der Waals surface area (Å²) in [6.45, 7) is 4.32. The average Bonchev–Trinajstić information content (AvgIpc) is 2.85. The van der Waals surface area contributed by atoms with Gasteiger partial charge in [-0.1, -0.05) is 29.8 Å². The van der Waals surface area contributed by atoms with E-state index in [0.29, 0.717) is 54.8 Å². The topological polar surface area (TPSA) is 61.9 Å². The molecule has 1 heterocycles. The molecule has 2 amide bonds. The average molecular weight is 482 g/mol. The molecule has 3 aromatic rings. The molecule has 8 heteroatoms. The molecule has 3 aromatic carbocycles. The van der Waals surface area contributed by atoms with Crippen molar-refractivity contribution in [3.8, 4) is 5.75 Å². The third-order valence-electron chi connectivity index (χ3n) is 5.63. The normalized spacial score (nSPS) is 13.5. The largest absolute Gasteiger partial charge is 0.494 e. The van der Waals surface area contributed by atoms with E-state index >= 15 is 0 Å². The zero-order chi connectivity index (χ0) is 24.1. The van der Waals surface area contributed by atoms with Gasteiger partial charge in [0.25, 0.3) is 11.8 Å². The van der Waals surface area contributed by atoms with Crippen LogP contribution < -0.4 is 15.0 Å². The number of anilines is 2. The fourth-order valence-corrected chi connectivity index (χ4v) is 4.10. The van der Waals surface area contributed by atoms with Gasteiger partial charge < -0.3 is 19.9 Å². The van der Waals surface area contributed by atoms with E-state index in [1.54, 1.807) is 53.4 Å². The number of carbonyl (C=O) groups excluding carboxylic acids is 2. The van der Waals surface area contributed by atoms with E-state index in [2.05, 4.69) is 10.2 Å². The van der Waals surface area contributed by atoms with Crippen LogP contribution in [0.3, 0.4) is 0 Å². The summed E-state index contributed by atoms with van der Waals surface area (Å²) in [5, 5.41) is 3.45. The smallest absolute Gasteiger partial charge is 0.256 e. The Kier molecular flexibility index (Phi) is 7.33. The van der Waals surface area contributed by atoms with Crippen molar-refractivity contribution < 1.29 is 18.7 Å². The summed E-state index contributed by atoms with van der Waals surface area (Å²) < 4.78 is 19.5. The molecule has 4 rings (SSSR count). The molecular formula is C26H25ClFN3O3. The van der Waals surface area contributed by atoms with Crippen molar-refractivity contribution in [2.75, 3.05) is 43.0 Å². The maximum Gasteiger partial charge on any atom is 0.256 e. The Morgan fingerprint density at radius 1 is 1.00 bits per heavy atom. The lowest BCUT2D eigenvalue weighted by molar-refractivity contribution is 0.0742. The Hall–Kier alpha value is -3.58. The summed E-state index contributed by atoms with van der Waals surface area (Å²) in [6, 6.07) is 18.3. The Morgan fingerprint density at radius 3 is 2.50 bits per heavy atom. The van der Waals surface area contributed by atoms with Crippen LogP contribution in [0.15, 0.2) is 66.7 Å². The standard InChI is InChI=1S/C26H25ClFN3O3/c1-2-34-20-7-5-6-18(16-20)25(32)29-23-17-19(27)10-11-24(23)30-12-14-31(15-13-30)26(33)21-8-3-4-9-22(21)28/h3-11,16-17H,2,12-15H2,1H3,(H,29,32). The van der Waals surface area contributed by atoms with Crippen LogP contribution in [0.5, 0.6) is 5.75 Å². The molecule has 1 saturated heterocycles. The Bertz CT molecular complexity index is 1200. The minimum absolute atomic E-state index is 0.0738. The van der Waals surface area contributed by atoms with Crippen LogP contribution in [-0.4, -0.2) is 49.5 Å². The fourth-order valence-electron chi connectivity index (χ4n) is 3.93. The van der Waals surface area contributed by atoms with Gasteiger partial charge in [-0.15, -0.1) is 0 Å². The van der Waals surface area contributed by atoms with Gasteiger partial charge in [0.05, 0.1) is 23.5 Å². The van der Waals surface area contributed by atoms with Crippen molar-refractivity contribution in [1.82, 2.24) is 4.90 Å². The highest BCUT2D eigenvalue weighted by atomic mass is 35.5. The fraction of sp³-hybridized carbons (Fsp3) is 0.231. The second-order valence-corrected chi connectivity index (χ2v) is 8.27. The van der Waals surface area contributed by atoms with Gasteiger partial charge in [0.2, 0.25) is 0 Å². The zero-order valence-electron chi connectivity index (χ0n) is 18.8. The van der Waals surface area contributed by atoms with E-state index in [4.69, 9.17) is 16.3 Å². The van der Waals surface area contributed by atoms with Crippen LogP contribution >= 0.6 is 11.6 Å². The molecule has 0 unspecified atom stereocenters. The van der Waals surface area contributed by atoms with E-state index < -0.39 is 5.82 Å². The molecule has 1 N–H and O–H groups in total. The number of hydrogen-bond acceptors (Lipinski definition) is 4. The van der Waals surface area contributed by atoms with Crippen LogP contribution in [-0.2, 0) is 0 Å². The van der Waals surface area contributed by atoms with Crippen LogP contribution in [0.25, 0.3) is 0 Å². The van der Waals surface area contributed by atoms with Crippen molar-refractivity contribution >= 4 is 34.8 Å². The number of nitrogens with one attached hydrogen (secondary N) is 1. The van der Waals surface area contributed by atoms with Gasteiger partial charge in [-0.25, -0.2) is 4.39 Å². The molecule has 0 aliphatic carbocycles. The van der Waals surface area contributed by atoms with Crippen molar-refractivity contribution in [3.05, 3.63) is 88.7 Å². The van der Waals surface area contributed by atoms with Gasteiger partial charge in [0, 0.05) is 36.8 Å². The van der Waals surface area contributed by atoms with Gasteiger partial charge >= 0.3 is 0 Å². The Balaban J connectivity index is 1.47. The molecule has 0 atom stereocenters. The maximum absolute atomic E-state index is 14.0. The second kappa shape index (κ2) is 10.6. The third-order valence-corrected chi connectivity index (χ3v) is 5.86. The molecule has 6 nitrogen and oxygen atoms in total. The number of benzene rings is 3. The number of rotatable bonds is 6. The van der Waals surface area contributed by atoms with Crippen LogP contribution in [0.4, 0.5) is 15.8 Å². The quantitative estimate of drug-likeness (QED) is 0.532. The number of amides is 2. The number of carbonyl (C=O) groups is 2. The van der Waals surface area contributed by atoms with E-state index in [1.807, 2.05) is 13.0 Å². The van der Waals surface area contributed by atoms with Gasteiger partial charge in [-0.3, -0.25) is 9.59 Å². The first-order chi connectivity index (χ1) is 16.5. The second-order valence-electron chi connectivity index (χ2n) is 7.84. The summed E-state index contributed by atoms with van der Waals surface area (Å²) in [5.74, 6) is -0.502. The first-order valence-electron chi connectivity index (χ1n) is 11.1. The molecule has 0 radical (unpaired) electrons. The molecule has 0 bridgehead atoms. The molecule has 0 spiro atoms. The van der Waals surface area contributed by atoms with E-state index in [1.165, 1.54) is 12.1 Å². The number of ether oxygens (including phenoxy) is 1. The minimum Gasteiger partial charge on any atom is -0.494 e. The van der Waals surface area contributed by atoms with Gasteiger partial charge in [-0.05, 0) is 55.5 Å². The highest BCUT2D eigenvalue weighted by Gasteiger charge is 2.25. The number of piperazine rings is 1. The summed E-state index contributed by atoms with van der Waals surface area (Å²) in [4.78, 5) is 29.4. The van der Waals surface area contributed by atoms with Crippen molar-refractivity contribution in [2.24, 2.45) is 0 Å². The summed E-state index contributed by atoms with van der Waals surface area (Å²) >= 11 is 6.22. The molecule has 0 aromatic heterocycles. The van der Waals surface area contributed by atoms with Crippen molar-refractivity contribution in [2.45, 2.75) is 6.92 Å². The van der Waals surface area contributed by atoms with E-state index in [9.17, 15) is 14.0 Å². The van der Waals surface area contributed by atoms with Crippen LogP contribution in [0.1, 0.15) is 27.6 Å². The molecule has 0 saturated carbocycles. The summed E-state index contributed by atoms with van der Waals surface area (Å²) in [7, 11) is 0. The Labute approximate surface area is 202 Å². The van der Waals surface area contributed by atoms with Gasteiger partial charge in [0.1, 0.15) is 11.6 Å². The summed E-state index contributed by atoms with van der Waals surface area (Å²) in [5.41, 5.74) is 1.92. The first-order valence-corrected chi connectivity index (χ1v) is 11.5. The van der Waals surface area contributed by atoms with Crippen LogP contribution in [0.2, 0.25) is 5.02 Å². The van der Waals surface area contributed by atoms with Crippen molar-refractivity contribution in [3.63, 3.8) is 0 Å². The van der Waals surface area contributed by atoms with Crippen LogP contribution in [0, 0.1) is 5.82 Å². The lowest BCUT2D eigenvalue weighted by atomic mass is 10.1. The predicted molar refractivity (Wildman–Crippen MR) is 132 cm³/mol. The van der Waals surface area contributed by atoms with Gasteiger partial charge in [-0.2, -0.15) is 0 Å². The number of hydrogen-bond donors (Lipinski definition) is 1. The monoisotopic (exact) mass is 481 g/mol. The Morgan fingerprint density at radius 2 is 1.76 bits per heavy atom. The summed E-state index contributed by atoms with van der Waals surface area (Å²) in [6.07, 6.45) is 0. The molecule has 1 aliphatic rings. The van der Waals surface area contributed by atoms with Crippen molar-refractivity contribution in [1.29, 1.82) is 0 Å². The highest BCUT2D eigenvalue weighted by molar-refractivity contribution is 6.31.